The summed E-state index contributed by atoms with van der Waals surface area (Å²) in [4.78, 5) is 0. The van der Waals surface area contributed by atoms with E-state index in [1.165, 1.54) is 12.5 Å². The van der Waals surface area contributed by atoms with Crippen LogP contribution in [0.5, 0.6) is 0 Å². The highest BCUT2D eigenvalue weighted by Crippen LogP contribution is 2.41. The van der Waals surface area contributed by atoms with Crippen molar-refractivity contribution >= 4 is 15.9 Å². The predicted octanol–water partition coefficient (Wildman–Crippen LogP) is 4.94. The summed E-state index contributed by atoms with van der Waals surface area (Å²) >= 11 is 3.33. The van der Waals surface area contributed by atoms with Gasteiger partial charge in [0.05, 0.1) is 0 Å². The smallest absolute Gasteiger partial charge is 0.129 e. The molecule has 1 saturated carbocycles. The zero-order valence-electron chi connectivity index (χ0n) is 11.0. The maximum Gasteiger partial charge on any atom is 0.129 e. The van der Waals surface area contributed by atoms with Crippen LogP contribution in [0, 0.1) is 5.82 Å². The summed E-state index contributed by atoms with van der Waals surface area (Å²) in [6.45, 7) is 0. The Morgan fingerprint density at radius 3 is 2.55 bits per heavy atom. The molecular formula is C17H16BrFO. The molecule has 0 saturated heterocycles. The molecule has 1 N–H and O–H groups in total. The minimum Gasteiger partial charge on any atom is -0.384 e. The Morgan fingerprint density at radius 2 is 1.85 bits per heavy atom. The van der Waals surface area contributed by atoms with Crippen molar-refractivity contribution in [2.75, 3.05) is 0 Å². The molecule has 0 aliphatic heterocycles. The lowest BCUT2D eigenvalue weighted by molar-refractivity contribution is 0.211. The molecule has 0 amide bonds. The van der Waals surface area contributed by atoms with Crippen molar-refractivity contribution in [1.82, 2.24) is 0 Å². The number of aliphatic hydroxyl groups is 1. The van der Waals surface area contributed by atoms with Gasteiger partial charge in [0.1, 0.15) is 11.9 Å². The quantitative estimate of drug-likeness (QED) is 0.843. The largest absolute Gasteiger partial charge is 0.384 e. The average Bonchev–Trinajstić information content (AvgIpc) is 2.39. The molecule has 20 heavy (non-hydrogen) atoms. The third kappa shape index (κ3) is 2.52. The first-order valence-electron chi connectivity index (χ1n) is 6.88. The van der Waals surface area contributed by atoms with Crippen LogP contribution in [0.3, 0.4) is 0 Å². The summed E-state index contributed by atoms with van der Waals surface area (Å²) in [5.41, 5.74) is 2.31. The van der Waals surface area contributed by atoms with E-state index in [-0.39, 0.29) is 5.82 Å². The molecule has 3 rings (SSSR count). The molecule has 1 aliphatic carbocycles. The molecule has 0 aromatic heterocycles. The first-order valence-corrected chi connectivity index (χ1v) is 7.68. The maximum absolute atomic E-state index is 14.0. The van der Waals surface area contributed by atoms with E-state index in [9.17, 15) is 9.50 Å². The Bertz CT molecular complexity index is 622. The molecule has 1 unspecified atom stereocenters. The van der Waals surface area contributed by atoms with Crippen molar-refractivity contribution < 1.29 is 9.50 Å². The van der Waals surface area contributed by atoms with Gasteiger partial charge in [-0.1, -0.05) is 46.6 Å². The van der Waals surface area contributed by atoms with Gasteiger partial charge < -0.3 is 5.11 Å². The van der Waals surface area contributed by atoms with Gasteiger partial charge in [0.15, 0.2) is 0 Å². The highest BCUT2D eigenvalue weighted by atomic mass is 79.9. The number of aliphatic hydroxyl groups excluding tert-OH is 1. The normalized spacial score (nSPS) is 16.8. The monoisotopic (exact) mass is 334 g/mol. The summed E-state index contributed by atoms with van der Waals surface area (Å²) in [7, 11) is 0. The zero-order valence-corrected chi connectivity index (χ0v) is 12.6. The molecule has 0 heterocycles. The zero-order chi connectivity index (χ0) is 14.1. The second-order valence-corrected chi connectivity index (χ2v) is 6.24. The van der Waals surface area contributed by atoms with Crippen LogP contribution in [0.25, 0.3) is 0 Å². The van der Waals surface area contributed by atoms with Crippen LogP contribution < -0.4 is 0 Å². The molecule has 0 bridgehead atoms. The average molecular weight is 335 g/mol. The van der Waals surface area contributed by atoms with E-state index >= 15 is 0 Å². The second-order valence-electron chi connectivity index (χ2n) is 5.33. The lowest BCUT2D eigenvalue weighted by Crippen LogP contribution is -2.14. The SMILES string of the molecule is OC(c1cc(Br)ccc1F)c1ccccc1C1CCC1. The van der Waals surface area contributed by atoms with E-state index in [0.717, 1.165) is 28.4 Å². The molecule has 2 aromatic carbocycles. The minimum atomic E-state index is -0.913. The number of halogens is 2. The van der Waals surface area contributed by atoms with Gasteiger partial charge in [-0.15, -0.1) is 0 Å². The third-order valence-electron chi connectivity index (χ3n) is 4.09. The van der Waals surface area contributed by atoms with Crippen LogP contribution in [-0.4, -0.2) is 5.11 Å². The topological polar surface area (TPSA) is 20.2 Å². The van der Waals surface area contributed by atoms with E-state index < -0.39 is 6.10 Å². The second kappa shape index (κ2) is 5.66. The highest BCUT2D eigenvalue weighted by molar-refractivity contribution is 9.10. The van der Waals surface area contributed by atoms with E-state index in [1.54, 1.807) is 12.1 Å². The van der Waals surface area contributed by atoms with Crippen molar-refractivity contribution in [3.8, 4) is 0 Å². The predicted molar refractivity (Wildman–Crippen MR) is 81.2 cm³/mol. The fourth-order valence-electron chi connectivity index (χ4n) is 2.74. The van der Waals surface area contributed by atoms with Gasteiger partial charge >= 0.3 is 0 Å². The maximum atomic E-state index is 14.0. The van der Waals surface area contributed by atoms with Crippen LogP contribution >= 0.6 is 15.9 Å². The van der Waals surface area contributed by atoms with Crippen molar-refractivity contribution in [1.29, 1.82) is 0 Å². The molecular weight excluding hydrogens is 319 g/mol. The number of benzene rings is 2. The van der Waals surface area contributed by atoms with E-state index in [1.807, 2.05) is 18.2 Å². The van der Waals surface area contributed by atoms with Gasteiger partial charge in [-0.2, -0.15) is 0 Å². The molecule has 104 valence electrons. The van der Waals surface area contributed by atoms with Crippen molar-refractivity contribution in [2.45, 2.75) is 31.3 Å². The summed E-state index contributed by atoms with van der Waals surface area (Å²) in [6.07, 6.45) is 2.64. The van der Waals surface area contributed by atoms with Crippen LogP contribution in [0.1, 0.15) is 48.0 Å². The Kier molecular flexibility index (Phi) is 3.90. The summed E-state index contributed by atoms with van der Waals surface area (Å²) < 4.78 is 14.7. The summed E-state index contributed by atoms with van der Waals surface area (Å²) in [6, 6.07) is 12.5. The fourth-order valence-corrected chi connectivity index (χ4v) is 3.12. The Hall–Kier alpha value is -1.19. The lowest BCUT2D eigenvalue weighted by Gasteiger charge is -2.29. The van der Waals surface area contributed by atoms with Gasteiger partial charge in [0.25, 0.3) is 0 Å². The molecule has 3 heteroatoms. The molecule has 2 aromatic rings. The summed E-state index contributed by atoms with van der Waals surface area (Å²) in [5.74, 6) is 0.139. The molecule has 1 aliphatic rings. The van der Waals surface area contributed by atoms with Crippen LogP contribution in [0.4, 0.5) is 4.39 Å². The molecule has 0 spiro atoms. The standard InChI is InChI=1S/C17H16BrFO/c18-12-8-9-16(19)15(10-12)17(20)14-7-2-1-6-13(14)11-4-3-5-11/h1-2,6-11,17,20H,3-5H2. The first kappa shape index (κ1) is 13.8. The van der Waals surface area contributed by atoms with Gasteiger partial charge in [-0.25, -0.2) is 4.39 Å². The molecule has 1 fully saturated rings. The fraction of sp³-hybridized carbons (Fsp3) is 0.294. The van der Waals surface area contributed by atoms with E-state index in [4.69, 9.17) is 0 Å². The van der Waals surface area contributed by atoms with Crippen LogP contribution in [-0.2, 0) is 0 Å². The van der Waals surface area contributed by atoms with Gasteiger partial charge in [0.2, 0.25) is 0 Å². The number of rotatable bonds is 3. The first-order chi connectivity index (χ1) is 9.66. The Morgan fingerprint density at radius 1 is 1.10 bits per heavy atom. The summed E-state index contributed by atoms with van der Waals surface area (Å²) in [5, 5.41) is 10.6. The number of hydrogen-bond donors (Lipinski definition) is 1. The Balaban J connectivity index is 2.01. The van der Waals surface area contributed by atoms with Crippen LogP contribution in [0.15, 0.2) is 46.9 Å². The van der Waals surface area contributed by atoms with E-state index in [2.05, 4.69) is 22.0 Å². The molecule has 1 atom stereocenters. The van der Waals surface area contributed by atoms with Crippen LogP contribution in [0.2, 0.25) is 0 Å². The number of hydrogen-bond acceptors (Lipinski definition) is 1. The van der Waals surface area contributed by atoms with E-state index in [0.29, 0.717) is 11.5 Å². The lowest BCUT2D eigenvalue weighted by atomic mass is 9.77. The van der Waals surface area contributed by atoms with Crippen molar-refractivity contribution in [3.63, 3.8) is 0 Å². The minimum absolute atomic E-state index is 0.325. The molecule has 1 nitrogen and oxygen atoms in total. The van der Waals surface area contributed by atoms with Crippen molar-refractivity contribution in [2.24, 2.45) is 0 Å². The highest BCUT2D eigenvalue weighted by Gasteiger charge is 2.25. The van der Waals surface area contributed by atoms with Gasteiger partial charge in [-0.3, -0.25) is 0 Å². The van der Waals surface area contributed by atoms with Crippen molar-refractivity contribution in [3.05, 3.63) is 69.4 Å². The Labute approximate surface area is 126 Å². The third-order valence-corrected chi connectivity index (χ3v) is 4.58. The van der Waals surface area contributed by atoms with Gasteiger partial charge in [0, 0.05) is 10.0 Å². The molecule has 0 radical (unpaired) electrons. The van der Waals surface area contributed by atoms with Gasteiger partial charge in [-0.05, 0) is 48.1 Å².